The summed E-state index contributed by atoms with van der Waals surface area (Å²) in [5, 5.41) is 1.67. The highest BCUT2D eigenvalue weighted by Crippen LogP contribution is 2.48. The van der Waals surface area contributed by atoms with Crippen LogP contribution in [0.5, 0.6) is 5.75 Å². The van der Waals surface area contributed by atoms with Crippen LogP contribution in [0.3, 0.4) is 0 Å². The molecule has 2 saturated carbocycles. The van der Waals surface area contributed by atoms with Gasteiger partial charge in [-0.05, 0) is 78.9 Å². The van der Waals surface area contributed by atoms with Crippen molar-refractivity contribution >= 4 is 10.8 Å². The highest BCUT2D eigenvalue weighted by molar-refractivity contribution is 5.85. The molecule has 1 nitrogen and oxygen atoms in total. The van der Waals surface area contributed by atoms with Crippen LogP contribution in [-0.4, -0.2) is 7.11 Å². The van der Waals surface area contributed by atoms with E-state index < -0.39 is 0 Å². The molecule has 146 valence electrons. The van der Waals surface area contributed by atoms with Gasteiger partial charge in [0.25, 0.3) is 0 Å². The third-order valence-corrected chi connectivity index (χ3v) is 7.30. The Morgan fingerprint density at radius 2 is 1.81 bits per heavy atom. The SMILES string of the molecule is CCCCC1CCC2C[C@H](c3ccc4cc(OC)cc(F)c4c3)CC[C@@H]2C1. The summed E-state index contributed by atoms with van der Waals surface area (Å²) in [4.78, 5) is 0. The molecule has 2 aliphatic rings. The second-order valence-corrected chi connectivity index (χ2v) is 8.94. The second kappa shape index (κ2) is 8.20. The number of hydrogen-bond donors (Lipinski definition) is 0. The van der Waals surface area contributed by atoms with Gasteiger partial charge in [-0.2, -0.15) is 0 Å². The van der Waals surface area contributed by atoms with Crippen molar-refractivity contribution in [1.29, 1.82) is 0 Å². The summed E-state index contributed by atoms with van der Waals surface area (Å²) in [6, 6.07) is 9.82. The molecule has 0 saturated heterocycles. The van der Waals surface area contributed by atoms with Gasteiger partial charge >= 0.3 is 0 Å². The van der Waals surface area contributed by atoms with Gasteiger partial charge in [0, 0.05) is 11.5 Å². The van der Waals surface area contributed by atoms with Crippen molar-refractivity contribution in [2.75, 3.05) is 7.11 Å². The van der Waals surface area contributed by atoms with E-state index in [4.69, 9.17) is 4.74 Å². The number of fused-ring (bicyclic) bond motifs is 2. The number of unbranched alkanes of at least 4 members (excludes halogenated alkanes) is 1. The summed E-state index contributed by atoms with van der Waals surface area (Å²) in [6.45, 7) is 2.30. The fourth-order valence-electron chi connectivity index (χ4n) is 5.72. The molecule has 2 heteroatoms. The van der Waals surface area contributed by atoms with E-state index in [9.17, 15) is 4.39 Å². The molecule has 0 radical (unpaired) electrons. The Kier molecular flexibility index (Phi) is 5.71. The van der Waals surface area contributed by atoms with Crippen molar-refractivity contribution in [3.05, 3.63) is 41.7 Å². The second-order valence-electron chi connectivity index (χ2n) is 8.94. The molecule has 2 unspecified atom stereocenters. The van der Waals surface area contributed by atoms with Crippen LogP contribution in [0.15, 0.2) is 30.3 Å². The Balaban J connectivity index is 1.47. The highest BCUT2D eigenvalue weighted by Gasteiger charge is 2.35. The van der Waals surface area contributed by atoms with Crippen molar-refractivity contribution < 1.29 is 9.13 Å². The van der Waals surface area contributed by atoms with Gasteiger partial charge in [0.15, 0.2) is 0 Å². The minimum Gasteiger partial charge on any atom is -0.497 e. The van der Waals surface area contributed by atoms with Crippen molar-refractivity contribution in [2.45, 2.75) is 70.6 Å². The van der Waals surface area contributed by atoms with E-state index in [0.717, 1.165) is 28.5 Å². The maximum absolute atomic E-state index is 14.5. The minimum absolute atomic E-state index is 0.170. The predicted molar refractivity (Wildman–Crippen MR) is 111 cm³/mol. The lowest BCUT2D eigenvalue weighted by atomic mass is 9.63. The zero-order valence-electron chi connectivity index (χ0n) is 16.8. The van der Waals surface area contributed by atoms with E-state index in [1.54, 1.807) is 7.11 Å². The van der Waals surface area contributed by atoms with E-state index in [1.165, 1.54) is 69.4 Å². The molecule has 0 spiro atoms. The molecule has 0 N–H and O–H groups in total. The first-order valence-corrected chi connectivity index (χ1v) is 10.9. The number of rotatable bonds is 5. The zero-order valence-corrected chi connectivity index (χ0v) is 16.8. The normalized spacial score (nSPS) is 28.1. The first-order valence-electron chi connectivity index (χ1n) is 10.9. The van der Waals surface area contributed by atoms with Crippen molar-refractivity contribution in [2.24, 2.45) is 17.8 Å². The number of benzene rings is 2. The lowest BCUT2D eigenvalue weighted by molar-refractivity contribution is 0.113. The van der Waals surface area contributed by atoms with Crippen molar-refractivity contribution in [3.63, 3.8) is 0 Å². The molecular weight excluding hydrogens is 335 g/mol. The lowest BCUT2D eigenvalue weighted by Gasteiger charge is -2.42. The van der Waals surface area contributed by atoms with E-state index in [0.29, 0.717) is 11.7 Å². The predicted octanol–water partition coefficient (Wildman–Crippen LogP) is 7.48. The number of halogens is 1. The Bertz CT molecular complexity index is 783. The summed E-state index contributed by atoms with van der Waals surface area (Å²) >= 11 is 0. The quantitative estimate of drug-likeness (QED) is 0.531. The average molecular weight is 369 g/mol. The monoisotopic (exact) mass is 368 g/mol. The van der Waals surface area contributed by atoms with Crippen LogP contribution in [0.4, 0.5) is 4.39 Å². The number of ether oxygens (including phenoxy) is 1. The van der Waals surface area contributed by atoms with Crippen LogP contribution in [0.1, 0.15) is 76.2 Å². The fourth-order valence-corrected chi connectivity index (χ4v) is 5.72. The summed E-state index contributed by atoms with van der Waals surface area (Å²) in [5.74, 6) is 3.83. The molecule has 0 heterocycles. The van der Waals surface area contributed by atoms with Crippen LogP contribution < -0.4 is 4.74 Å². The van der Waals surface area contributed by atoms with E-state index in [2.05, 4.69) is 25.1 Å². The summed E-state index contributed by atoms with van der Waals surface area (Å²) in [6.07, 6.45) is 12.4. The topological polar surface area (TPSA) is 9.23 Å². The smallest absolute Gasteiger partial charge is 0.134 e. The number of methoxy groups -OCH3 is 1. The molecule has 2 aromatic rings. The molecule has 4 atom stereocenters. The van der Waals surface area contributed by atoms with Gasteiger partial charge in [0.2, 0.25) is 0 Å². The maximum atomic E-state index is 14.5. The third-order valence-electron chi connectivity index (χ3n) is 7.30. The maximum Gasteiger partial charge on any atom is 0.134 e. The zero-order chi connectivity index (χ0) is 18.8. The summed E-state index contributed by atoms with van der Waals surface area (Å²) < 4.78 is 19.7. The highest BCUT2D eigenvalue weighted by atomic mass is 19.1. The van der Waals surface area contributed by atoms with Crippen LogP contribution in [-0.2, 0) is 0 Å². The fraction of sp³-hybridized carbons (Fsp3) is 0.600. The van der Waals surface area contributed by atoms with Gasteiger partial charge in [0.1, 0.15) is 11.6 Å². The standard InChI is InChI=1S/C25H33FO/c1-3-4-5-17-6-7-19-13-20(9-8-18(19)12-17)21-10-11-22-14-23(27-2)16-25(26)24(22)15-21/h10-11,14-20H,3-9,12-13H2,1-2H3/t17?,18-,19?,20-/m1/s1. The summed E-state index contributed by atoms with van der Waals surface area (Å²) in [7, 11) is 1.59. The molecule has 0 amide bonds. The van der Waals surface area contributed by atoms with Crippen LogP contribution >= 0.6 is 0 Å². The first kappa shape index (κ1) is 18.8. The van der Waals surface area contributed by atoms with Gasteiger partial charge in [-0.15, -0.1) is 0 Å². The molecule has 0 bridgehead atoms. The van der Waals surface area contributed by atoms with Crippen molar-refractivity contribution in [1.82, 2.24) is 0 Å². The Labute approximate surface area is 163 Å². The van der Waals surface area contributed by atoms with Gasteiger partial charge in [-0.3, -0.25) is 0 Å². The molecule has 2 fully saturated rings. The first-order chi connectivity index (χ1) is 13.2. The van der Waals surface area contributed by atoms with Gasteiger partial charge in [-0.1, -0.05) is 44.7 Å². The molecule has 2 aliphatic carbocycles. The van der Waals surface area contributed by atoms with E-state index >= 15 is 0 Å². The molecular formula is C25H33FO. The third kappa shape index (κ3) is 4.00. The lowest BCUT2D eigenvalue weighted by Crippen LogP contribution is -2.30. The Morgan fingerprint density at radius 3 is 2.63 bits per heavy atom. The average Bonchev–Trinajstić information content (AvgIpc) is 2.71. The van der Waals surface area contributed by atoms with Crippen molar-refractivity contribution in [3.8, 4) is 5.75 Å². The number of hydrogen-bond acceptors (Lipinski definition) is 1. The summed E-state index contributed by atoms with van der Waals surface area (Å²) in [5.41, 5.74) is 1.33. The Hall–Kier alpha value is -1.57. The molecule has 2 aromatic carbocycles. The van der Waals surface area contributed by atoms with Gasteiger partial charge in [0.05, 0.1) is 7.11 Å². The molecule has 27 heavy (non-hydrogen) atoms. The van der Waals surface area contributed by atoms with Gasteiger partial charge < -0.3 is 4.74 Å². The largest absolute Gasteiger partial charge is 0.497 e. The molecule has 0 aliphatic heterocycles. The van der Waals surface area contributed by atoms with Crippen LogP contribution in [0.2, 0.25) is 0 Å². The van der Waals surface area contributed by atoms with E-state index in [-0.39, 0.29) is 5.82 Å². The van der Waals surface area contributed by atoms with Crippen LogP contribution in [0.25, 0.3) is 10.8 Å². The van der Waals surface area contributed by atoms with Crippen LogP contribution in [0, 0.1) is 23.6 Å². The molecule has 0 aromatic heterocycles. The van der Waals surface area contributed by atoms with Gasteiger partial charge in [-0.25, -0.2) is 4.39 Å². The minimum atomic E-state index is -0.170. The van der Waals surface area contributed by atoms with E-state index in [1.807, 2.05) is 6.07 Å². The Morgan fingerprint density at radius 1 is 1.00 bits per heavy atom. The molecule has 4 rings (SSSR count).